The maximum absolute atomic E-state index is 13.1. The lowest BCUT2D eigenvalue weighted by atomic mass is 9.99. The Morgan fingerprint density at radius 1 is 1.00 bits per heavy atom. The number of carbonyl (C=O) groups is 1. The molecule has 48 heavy (non-hydrogen) atoms. The molecule has 3 N–H and O–H groups in total. The van der Waals surface area contributed by atoms with Crippen LogP contribution in [-0.4, -0.2) is 76.3 Å². The van der Waals surface area contributed by atoms with Crippen LogP contribution in [0.3, 0.4) is 0 Å². The molecule has 11 nitrogen and oxygen atoms in total. The number of ether oxygens (including phenoxy) is 1. The van der Waals surface area contributed by atoms with E-state index >= 15 is 0 Å². The van der Waals surface area contributed by atoms with Gasteiger partial charge in [0.2, 0.25) is 0 Å². The Morgan fingerprint density at radius 3 is 2.46 bits per heavy atom. The summed E-state index contributed by atoms with van der Waals surface area (Å²) in [4.78, 5) is 27.3. The van der Waals surface area contributed by atoms with E-state index in [0.29, 0.717) is 18.0 Å². The molecule has 0 aromatic heterocycles. The van der Waals surface area contributed by atoms with Gasteiger partial charge in [0.05, 0.1) is 16.9 Å². The van der Waals surface area contributed by atoms with Gasteiger partial charge in [-0.25, -0.2) is 13.1 Å². The molecule has 13 heteroatoms. The second kappa shape index (κ2) is 16.6. The van der Waals surface area contributed by atoms with Gasteiger partial charge in [-0.1, -0.05) is 42.5 Å². The Bertz CT molecular complexity index is 1820. The van der Waals surface area contributed by atoms with E-state index in [0.717, 1.165) is 67.7 Å². The number of benzene rings is 4. The molecule has 0 atom stereocenters. The molecule has 1 aliphatic rings. The zero-order valence-corrected chi connectivity index (χ0v) is 28.3. The summed E-state index contributed by atoms with van der Waals surface area (Å²) >= 11 is 1.59. The highest BCUT2D eigenvalue weighted by atomic mass is 32.2. The quantitative estimate of drug-likeness (QED) is 0.0640. The summed E-state index contributed by atoms with van der Waals surface area (Å²) in [6.45, 7) is 5.69. The summed E-state index contributed by atoms with van der Waals surface area (Å²) < 4.78 is 33.9. The van der Waals surface area contributed by atoms with Crippen LogP contribution < -0.4 is 20.1 Å². The maximum atomic E-state index is 13.1. The van der Waals surface area contributed by atoms with Crippen LogP contribution in [0.25, 0.3) is 11.1 Å². The van der Waals surface area contributed by atoms with E-state index in [1.165, 1.54) is 29.8 Å². The molecule has 1 heterocycles. The predicted octanol–water partition coefficient (Wildman–Crippen LogP) is 5.43. The second-order valence-electron chi connectivity index (χ2n) is 11.3. The molecule has 4 aromatic rings. The van der Waals surface area contributed by atoms with Crippen LogP contribution in [0.15, 0.2) is 101 Å². The largest absolute Gasteiger partial charge is 0.496 e. The number of rotatable bonds is 15. The van der Waals surface area contributed by atoms with Crippen LogP contribution in [0, 0.1) is 10.1 Å². The molecule has 1 fully saturated rings. The summed E-state index contributed by atoms with van der Waals surface area (Å²) in [5.74, 6) is 0.506. The molecular formula is C35H39N5O6S2. The molecule has 252 valence electrons. The maximum Gasteiger partial charge on any atom is 0.293 e. The molecule has 0 aliphatic carbocycles. The van der Waals surface area contributed by atoms with Crippen LogP contribution >= 0.6 is 11.8 Å². The van der Waals surface area contributed by atoms with Crippen molar-refractivity contribution in [2.45, 2.75) is 22.6 Å². The van der Waals surface area contributed by atoms with Crippen molar-refractivity contribution < 1.29 is 22.9 Å². The first-order valence-electron chi connectivity index (χ1n) is 15.7. The molecule has 1 aliphatic heterocycles. The molecule has 0 bridgehead atoms. The molecular weight excluding hydrogens is 651 g/mol. The fourth-order valence-corrected chi connectivity index (χ4v) is 7.25. The second-order valence-corrected chi connectivity index (χ2v) is 14.1. The predicted molar refractivity (Wildman–Crippen MR) is 189 cm³/mol. The number of sulfonamides is 1. The van der Waals surface area contributed by atoms with Crippen molar-refractivity contribution in [3.05, 3.63) is 112 Å². The van der Waals surface area contributed by atoms with Crippen molar-refractivity contribution >= 4 is 39.1 Å². The number of carbonyl (C=O) groups excluding carboxylic acids is 1. The van der Waals surface area contributed by atoms with Crippen LogP contribution in [0.2, 0.25) is 0 Å². The van der Waals surface area contributed by atoms with Gasteiger partial charge >= 0.3 is 0 Å². The van der Waals surface area contributed by atoms with Crippen LogP contribution in [-0.2, 0) is 16.4 Å². The number of methoxy groups -OCH3 is 1. The normalized spacial score (nSPS) is 13.5. The van der Waals surface area contributed by atoms with Crippen molar-refractivity contribution in [2.24, 2.45) is 0 Å². The summed E-state index contributed by atoms with van der Waals surface area (Å²) in [6, 6.07) is 25.9. The monoisotopic (exact) mass is 689 g/mol. The van der Waals surface area contributed by atoms with Gasteiger partial charge in [0, 0.05) is 60.6 Å². The Kier molecular flexibility index (Phi) is 12.1. The number of nitrogens with one attached hydrogen (secondary N) is 3. The summed E-state index contributed by atoms with van der Waals surface area (Å²) in [5, 5.41) is 18.2. The zero-order valence-electron chi connectivity index (χ0n) is 26.7. The fourth-order valence-electron chi connectivity index (χ4n) is 5.46. The average molecular weight is 690 g/mol. The fraction of sp³-hybridized carbons (Fsp3) is 0.286. The van der Waals surface area contributed by atoms with E-state index in [9.17, 15) is 23.3 Å². The number of nitrogens with zero attached hydrogens (tertiary/aromatic N) is 2. The van der Waals surface area contributed by atoms with Crippen LogP contribution in [0.1, 0.15) is 22.3 Å². The van der Waals surface area contributed by atoms with E-state index in [1.54, 1.807) is 31.0 Å². The lowest BCUT2D eigenvalue weighted by Gasteiger charge is -2.27. The average Bonchev–Trinajstić information content (AvgIpc) is 3.10. The first kappa shape index (κ1) is 34.9. The number of nitro benzene ring substituents is 1. The highest BCUT2D eigenvalue weighted by Gasteiger charge is 2.24. The third-order valence-electron chi connectivity index (χ3n) is 8.01. The Morgan fingerprint density at radius 2 is 1.75 bits per heavy atom. The summed E-state index contributed by atoms with van der Waals surface area (Å²) in [6.07, 6.45) is 1.99. The van der Waals surface area contributed by atoms with Gasteiger partial charge in [-0.3, -0.25) is 14.9 Å². The number of amides is 1. The molecule has 0 radical (unpaired) electrons. The van der Waals surface area contributed by atoms with Crippen LogP contribution in [0.5, 0.6) is 5.75 Å². The number of thioether (sulfide) groups is 1. The third-order valence-corrected chi connectivity index (χ3v) is 10.3. The van der Waals surface area contributed by atoms with Gasteiger partial charge in [-0.2, -0.15) is 0 Å². The number of hydrogen-bond donors (Lipinski definition) is 3. The van der Waals surface area contributed by atoms with Crippen LogP contribution in [0.4, 0.5) is 11.4 Å². The van der Waals surface area contributed by atoms with E-state index < -0.39 is 26.5 Å². The van der Waals surface area contributed by atoms with Gasteiger partial charge in [0.1, 0.15) is 11.4 Å². The summed E-state index contributed by atoms with van der Waals surface area (Å²) in [5.41, 5.74) is 2.74. The van der Waals surface area contributed by atoms with Crippen molar-refractivity contribution in [3.8, 4) is 16.9 Å². The highest BCUT2D eigenvalue weighted by molar-refractivity contribution is 7.99. The van der Waals surface area contributed by atoms with E-state index in [2.05, 4.69) is 21.6 Å². The topological polar surface area (TPSA) is 143 Å². The molecule has 0 unspecified atom stereocenters. The lowest BCUT2D eigenvalue weighted by molar-refractivity contribution is -0.384. The molecule has 1 saturated heterocycles. The first-order valence-corrected chi connectivity index (χ1v) is 18.2. The number of piperazine rings is 1. The minimum absolute atomic E-state index is 0.120. The van der Waals surface area contributed by atoms with Gasteiger partial charge in [0.15, 0.2) is 0 Å². The van der Waals surface area contributed by atoms with E-state index in [1.807, 2.05) is 47.2 Å². The van der Waals surface area contributed by atoms with Crippen molar-refractivity contribution in [3.63, 3.8) is 0 Å². The Hall–Kier alpha value is -4.43. The van der Waals surface area contributed by atoms with Crippen molar-refractivity contribution in [2.75, 3.05) is 57.4 Å². The molecule has 1 amide bonds. The SMILES string of the molecule is COc1cc(CCCN2CCNCC2)ccc1-c1ccc(C(=O)NS(=O)(=O)c2ccc(NCCSc3ccccc3)c([N+](=O)[O-])c2)cc1. The number of anilines is 1. The third kappa shape index (κ3) is 9.34. The molecule has 4 aromatic carbocycles. The Labute approximate surface area is 285 Å². The highest BCUT2D eigenvalue weighted by Crippen LogP contribution is 2.32. The molecule has 0 saturated carbocycles. The number of aryl methyl sites for hydroxylation is 1. The number of hydrogen-bond acceptors (Lipinski definition) is 10. The standard InChI is InChI=1S/C35H39N5O6S2/c1-46-34-24-26(6-5-20-39-21-17-36-18-22-39)9-15-31(34)27-10-12-28(13-11-27)35(41)38-48(44,45)30-14-16-32(33(25-30)40(42)43)37-19-23-47-29-7-3-2-4-8-29/h2-4,7-16,24-25,36-37H,5-6,17-23H2,1H3,(H,38,41). The van der Waals surface area contributed by atoms with Crippen molar-refractivity contribution in [1.82, 2.24) is 14.9 Å². The molecule has 5 rings (SSSR count). The first-order chi connectivity index (χ1) is 23.2. The van der Waals surface area contributed by atoms with Gasteiger partial charge < -0.3 is 20.3 Å². The van der Waals surface area contributed by atoms with E-state index in [-0.39, 0.29) is 16.1 Å². The minimum Gasteiger partial charge on any atom is -0.496 e. The van der Waals surface area contributed by atoms with Crippen molar-refractivity contribution in [1.29, 1.82) is 0 Å². The van der Waals surface area contributed by atoms with Gasteiger partial charge in [0.25, 0.3) is 21.6 Å². The molecule has 0 spiro atoms. The Balaban J connectivity index is 1.19. The minimum atomic E-state index is -4.40. The lowest BCUT2D eigenvalue weighted by Crippen LogP contribution is -2.43. The summed E-state index contributed by atoms with van der Waals surface area (Å²) in [7, 11) is -2.78. The van der Waals surface area contributed by atoms with Gasteiger partial charge in [-0.15, -0.1) is 11.8 Å². The smallest absolute Gasteiger partial charge is 0.293 e. The zero-order chi connectivity index (χ0) is 33.9. The van der Waals surface area contributed by atoms with Gasteiger partial charge in [-0.05, 0) is 73.0 Å². The number of nitro groups is 1. The van der Waals surface area contributed by atoms with E-state index in [4.69, 9.17) is 4.74 Å².